The van der Waals surface area contributed by atoms with E-state index < -0.39 is 17.8 Å². The van der Waals surface area contributed by atoms with Gasteiger partial charge in [0, 0.05) is 11.3 Å². The normalized spacial score (nSPS) is 19.5. The van der Waals surface area contributed by atoms with E-state index in [1.54, 1.807) is 4.90 Å². The second kappa shape index (κ2) is 5.36. The van der Waals surface area contributed by atoms with Gasteiger partial charge < -0.3 is 10.0 Å². The third kappa shape index (κ3) is 2.58. The van der Waals surface area contributed by atoms with E-state index in [2.05, 4.69) is 5.32 Å². The van der Waals surface area contributed by atoms with Crippen LogP contribution in [-0.4, -0.2) is 29.5 Å². The van der Waals surface area contributed by atoms with E-state index in [1.165, 1.54) is 18.2 Å². The van der Waals surface area contributed by atoms with Crippen molar-refractivity contribution in [3.63, 3.8) is 0 Å². The van der Waals surface area contributed by atoms with E-state index in [1.807, 2.05) is 6.92 Å². The van der Waals surface area contributed by atoms with Crippen LogP contribution in [0.1, 0.15) is 18.9 Å². The van der Waals surface area contributed by atoms with Gasteiger partial charge in [0.15, 0.2) is 0 Å². The Hall–Kier alpha value is -1.95. The summed E-state index contributed by atoms with van der Waals surface area (Å²) >= 11 is 0. The monoisotopic (exact) mass is 266 g/mol. The lowest BCUT2D eigenvalue weighted by Gasteiger charge is -2.36. The topological polar surface area (TPSA) is 69.6 Å². The minimum absolute atomic E-state index is 0.0167. The standard InChI is InChI=1S/C13H15FN2O3/c1-2-10-13(19)15-12(18)6-16(10)11-4-3-9(14)5-8(11)7-17/h3-5,10,17H,2,6-7H2,1H3,(H,15,18,19). The molecule has 5 nitrogen and oxygen atoms in total. The predicted molar refractivity (Wildman–Crippen MR) is 66.9 cm³/mol. The molecule has 1 unspecified atom stereocenters. The molecule has 2 amide bonds. The fourth-order valence-electron chi connectivity index (χ4n) is 2.29. The first-order valence-electron chi connectivity index (χ1n) is 6.06. The van der Waals surface area contributed by atoms with Crippen LogP contribution in [0.3, 0.4) is 0 Å². The molecule has 0 bridgehead atoms. The molecule has 102 valence electrons. The molecule has 0 saturated carbocycles. The molecule has 2 rings (SSSR count). The zero-order chi connectivity index (χ0) is 14.0. The van der Waals surface area contributed by atoms with E-state index in [4.69, 9.17) is 0 Å². The van der Waals surface area contributed by atoms with Crippen molar-refractivity contribution in [2.75, 3.05) is 11.4 Å². The van der Waals surface area contributed by atoms with Gasteiger partial charge in [0.2, 0.25) is 11.8 Å². The second-order valence-electron chi connectivity index (χ2n) is 4.40. The van der Waals surface area contributed by atoms with Crippen LogP contribution in [0, 0.1) is 5.82 Å². The quantitative estimate of drug-likeness (QED) is 0.784. The first-order valence-corrected chi connectivity index (χ1v) is 6.06. The molecule has 0 spiro atoms. The Morgan fingerprint density at radius 1 is 1.47 bits per heavy atom. The highest BCUT2D eigenvalue weighted by molar-refractivity contribution is 6.04. The number of amides is 2. The molecule has 0 radical (unpaired) electrons. The summed E-state index contributed by atoms with van der Waals surface area (Å²) in [6, 6.07) is 3.45. The van der Waals surface area contributed by atoms with E-state index in [0.29, 0.717) is 17.7 Å². The Bertz CT molecular complexity index is 519. The van der Waals surface area contributed by atoms with Crippen molar-refractivity contribution in [2.45, 2.75) is 26.0 Å². The Morgan fingerprint density at radius 2 is 2.21 bits per heavy atom. The van der Waals surface area contributed by atoms with Gasteiger partial charge in [0.1, 0.15) is 11.9 Å². The van der Waals surface area contributed by atoms with Crippen molar-refractivity contribution in [1.82, 2.24) is 5.32 Å². The molecule has 1 aromatic carbocycles. The minimum atomic E-state index is -0.492. The average molecular weight is 266 g/mol. The molecule has 1 aliphatic heterocycles. The summed E-state index contributed by atoms with van der Waals surface area (Å²) in [5.41, 5.74) is 0.875. The summed E-state index contributed by atoms with van der Waals surface area (Å²) in [6.07, 6.45) is 0.515. The fraction of sp³-hybridized carbons (Fsp3) is 0.385. The Kier molecular flexibility index (Phi) is 3.80. The number of aliphatic hydroxyl groups is 1. The van der Waals surface area contributed by atoms with Crippen LogP contribution in [0.2, 0.25) is 0 Å². The molecule has 1 aliphatic rings. The predicted octanol–water partition coefficient (Wildman–Crippen LogP) is 0.559. The SMILES string of the molecule is CCC1C(=O)NC(=O)CN1c1ccc(F)cc1CO. The molecule has 1 saturated heterocycles. The van der Waals surface area contributed by atoms with Crippen molar-refractivity contribution >= 4 is 17.5 Å². The summed E-state index contributed by atoms with van der Waals surface area (Å²) in [5, 5.41) is 11.6. The smallest absolute Gasteiger partial charge is 0.249 e. The van der Waals surface area contributed by atoms with Gasteiger partial charge in [-0.2, -0.15) is 0 Å². The highest BCUT2D eigenvalue weighted by Gasteiger charge is 2.33. The van der Waals surface area contributed by atoms with Gasteiger partial charge in [-0.05, 0) is 24.6 Å². The summed E-state index contributed by atoms with van der Waals surface area (Å²) in [5.74, 6) is -1.23. The van der Waals surface area contributed by atoms with Crippen LogP contribution in [-0.2, 0) is 16.2 Å². The summed E-state index contributed by atoms with van der Waals surface area (Å²) in [6.45, 7) is 1.49. The fourth-order valence-corrected chi connectivity index (χ4v) is 2.29. The number of nitrogens with zero attached hydrogens (tertiary/aromatic N) is 1. The van der Waals surface area contributed by atoms with Gasteiger partial charge in [0.05, 0.1) is 13.2 Å². The number of hydrogen-bond donors (Lipinski definition) is 2. The van der Waals surface area contributed by atoms with Gasteiger partial charge in [-0.25, -0.2) is 4.39 Å². The lowest BCUT2D eigenvalue weighted by Crippen LogP contribution is -2.58. The average Bonchev–Trinajstić information content (AvgIpc) is 2.37. The number of nitrogens with one attached hydrogen (secondary N) is 1. The number of rotatable bonds is 3. The zero-order valence-corrected chi connectivity index (χ0v) is 10.5. The van der Waals surface area contributed by atoms with Crippen LogP contribution in [0.15, 0.2) is 18.2 Å². The Balaban J connectivity index is 2.42. The van der Waals surface area contributed by atoms with E-state index in [-0.39, 0.29) is 19.1 Å². The maximum absolute atomic E-state index is 13.2. The number of piperazine rings is 1. The number of halogens is 1. The van der Waals surface area contributed by atoms with Gasteiger partial charge >= 0.3 is 0 Å². The lowest BCUT2D eigenvalue weighted by molar-refractivity contribution is -0.132. The lowest BCUT2D eigenvalue weighted by atomic mass is 10.1. The highest BCUT2D eigenvalue weighted by Crippen LogP contribution is 2.26. The number of imide groups is 1. The third-order valence-electron chi connectivity index (χ3n) is 3.16. The number of hydrogen-bond acceptors (Lipinski definition) is 4. The van der Waals surface area contributed by atoms with Crippen LogP contribution in [0.4, 0.5) is 10.1 Å². The molecule has 1 heterocycles. The summed E-state index contributed by atoms with van der Waals surface area (Å²) < 4.78 is 13.2. The van der Waals surface area contributed by atoms with Crippen molar-refractivity contribution in [3.05, 3.63) is 29.6 Å². The zero-order valence-electron chi connectivity index (χ0n) is 10.5. The minimum Gasteiger partial charge on any atom is -0.392 e. The summed E-state index contributed by atoms with van der Waals surface area (Å²) in [4.78, 5) is 24.9. The molecule has 0 aromatic heterocycles. The molecular weight excluding hydrogens is 251 g/mol. The second-order valence-corrected chi connectivity index (χ2v) is 4.40. The Labute approximate surface area is 110 Å². The maximum atomic E-state index is 13.2. The number of benzene rings is 1. The Morgan fingerprint density at radius 3 is 2.84 bits per heavy atom. The van der Waals surface area contributed by atoms with Gasteiger partial charge in [0.25, 0.3) is 0 Å². The van der Waals surface area contributed by atoms with Crippen LogP contribution in [0.5, 0.6) is 0 Å². The molecule has 6 heteroatoms. The molecule has 1 fully saturated rings. The first kappa shape index (κ1) is 13.5. The van der Waals surface area contributed by atoms with Crippen molar-refractivity contribution in [3.8, 4) is 0 Å². The molecule has 19 heavy (non-hydrogen) atoms. The van der Waals surface area contributed by atoms with Crippen molar-refractivity contribution < 1.29 is 19.1 Å². The third-order valence-corrected chi connectivity index (χ3v) is 3.16. The van der Waals surface area contributed by atoms with Gasteiger partial charge in [-0.3, -0.25) is 14.9 Å². The van der Waals surface area contributed by atoms with Crippen LogP contribution >= 0.6 is 0 Å². The van der Waals surface area contributed by atoms with E-state index in [9.17, 15) is 19.1 Å². The van der Waals surface area contributed by atoms with E-state index >= 15 is 0 Å². The summed E-state index contributed by atoms with van der Waals surface area (Å²) in [7, 11) is 0. The molecule has 1 aromatic rings. The number of carbonyl (C=O) groups is 2. The van der Waals surface area contributed by atoms with Crippen LogP contribution < -0.4 is 10.2 Å². The van der Waals surface area contributed by atoms with Gasteiger partial charge in [-0.1, -0.05) is 6.92 Å². The highest BCUT2D eigenvalue weighted by atomic mass is 19.1. The van der Waals surface area contributed by atoms with Gasteiger partial charge in [-0.15, -0.1) is 0 Å². The number of carbonyl (C=O) groups excluding carboxylic acids is 2. The molecule has 1 atom stereocenters. The molecular formula is C13H15FN2O3. The van der Waals surface area contributed by atoms with Crippen molar-refractivity contribution in [1.29, 1.82) is 0 Å². The van der Waals surface area contributed by atoms with E-state index in [0.717, 1.165) is 0 Å². The number of aliphatic hydroxyl groups excluding tert-OH is 1. The molecule has 2 N–H and O–H groups in total. The molecule has 0 aliphatic carbocycles. The largest absolute Gasteiger partial charge is 0.392 e. The van der Waals surface area contributed by atoms with Crippen molar-refractivity contribution in [2.24, 2.45) is 0 Å². The first-order chi connectivity index (χ1) is 9.06. The maximum Gasteiger partial charge on any atom is 0.249 e. The van der Waals surface area contributed by atoms with Crippen LogP contribution in [0.25, 0.3) is 0 Å². The number of anilines is 1.